The summed E-state index contributed by atoms with van der Waals surface area (Å²) in [6, 6.07) is 0. The second-order valence-electron chi connectivity index (χ2n) is 20.9. The maximum absolute atomic E-state index is 12.7. The van der Waals surface area contributed by atoms with E-state index in [1.807, 2.05) is 0 Å². The molecule has 9 nitrogen and oxygen atoms in total. The molecule has 0 aliphatic heterocycles. The van der Waals surface area contributed by atoms with Gasteiger partial charge in [0.05, 0.1) is 13.2 Å². The summed E-state index contributed by atoms with van der Waals surface area (Å²) in [4.78, 5) is 35.2. The number of hydrogen-bond donors (Lipinski definition) is 2. The molecule has 0 bridgehead atoms. The molecule has 70 heavy (non-hydrogen) atoms. The molecule has 0 rings (SSSR count). The maximum Gasteiger partial charge on any atom is 0.472 e. The fourth-order valence-corrected chi connectivity index (χ4v) is 10.1. The summed E-state index contributed by atoms with van der Waals surface area (Å²) in [5.41, 5.74) is 5.39. The molecule has 0 aliphatic carbocycles. The summed E-state index contributed by atoms with van der Waals surface area (Å²) in [6.07, 6.45) is 65.6. The molecule has 0 fully saturated rings. The lowest BCUT2D eigenvalue weighted by Crippen LogP contribution is -2.29. The summed E-state index contributed by atoms with van der Waals surface area (Å²) in [5.74, 6) is -0.804. The van der Waals surface area contributed by atoms with Gasteiger partial charge in [-0.25, -0.2) is 4.57 Å². The van der Waals surface area contributed by atoms with Crippen LogP contribution in [0.25, 0.3) is 0 Å². The Morgan fingerprint density at radius 2 is 0.700 bits per heavy atom. The van der Waals surface area contributed by atoms with Crippen LogP contribution in [0, 0.1) is 0 Å². The van der Waals surface area contributed by atoms with E-state index < -0.39 is 26.5 Å². The molecule has 0 aromatic carbocycles. The third kappa shape index (κ3) is 56.1. The highest BCUT2D eigenvalue weighted by Gasteiger charge is 2.26. The van der Waals surface area contributed by atoms with Crippen molar-refractivity contribution in [3.8, 4) is 0 Å². The molecule has 0 amide bonds. The first kappa shape index (κ1) is 68.8. The van der Waals surface area contributed by atoms with Crippen molar-refractivity contribution in [2.24, 2.45) is 5.73 Å². The number of esters is 2. The molecule has 0 saturated heterocycles. The lowest BCUT2D eigenvalue weighted by molar-refractivity contribution is -0.161. The third-order valence-electron chi connectivity index (χ3n) is 13.9. The zero-order valence-corrected chi connectivity index (χ0v) is 47.4. The Balaban J connectivity index is 3.89. The fourth-order valence-electron chi connectivity index (χ4n) is 9.34. The van der Waals surface area contributed by atoms with Crippen LogP contribution in [0.2, 0.25) is 0 Å². The zero-order chi connectivity index (χ0) is 51.0. The van der Waals surface area contributed by atoms with E-state index in [2.05, 4.69) is 26.0 Å². The van der Waals surface area contributed by atoms with Crippen LogP contribution in [0.1, 0.15) is 328 Å². The van der Waals surface area contributed by atoms with Crippen LogP contribution in [0.4, 0.5) is 0 Å². The maximum atomic E-state index is 12.7. The van der Waals surface area contributed by atoms with Gasteiger partial charge in [0, 0.05) is 19.4 Å². The number of rotatable bonds is 59. The molecular formula is C60H118NO8P. The predicted molar refractivity (Wildman–Crippen MR) is 298 cm³/mol. The van der Waals surface area contributed by atoms with Gasteiger partial charge in [-0.15, -0.1) is 0 Å². The van der Waals surface area contributed by atoms with Gasteiger partial charge in [-0.1, -0.05) is 289 Å². The van der Waals surface area contributed by atoms with Crippen LogP contribution in [-0.2, 0) is 32.7 Å². The molecular weight excluding hydrogens is 894 g/mol. The average Bonchev–Trinajstić information content (AvgIpc) is 3.35. The van der Waals surface area contributed by atoms with Crippen molar-refractivity contribution in [1.29, 1.82) is 0 Å². The van der Waals surface area contributed by atoms with Crippen LogP contribution in [0.15, 0.2) is 12.2 Å². The molecule has 416 valence electrons. The summed E-state index contributed by atoms with van der Waals surface area (Å²) >= 11 is 0. The largest absolute Gasteiger partial charge is 0.472 e. The second-order valence-corrected chi connectivity index (χ2v) is 22.4. The van der Waals surface area contributed by atoms with Crippen LogP contribution in [0.3, 0.4) is 0 Å². The number of phosphoric acid groups is 1. The minimum Gasteiger partial charge on any atom is -0.462 e. The third-order valence-corrected chi connectivity index (χ3v) is 14.9. The molecule has 0 aromatic heterocycles. The SMILES string of the molecule is CCCCCCCCCC/C=C\CCCCCCCCCCCCCCCCCC(=O)OC(COC(=O)CCCCCCCCCCCCCCCCCCCCCCCC)COP(=O)(O)OCCN. The molecule has 0 spiro atoms. The number of carbonyl (C=O) groups excluding carboxylic acids is 2. The van der Waals surface area contributed by atoms with Crippen molar-refractivity contribution >= 4 is 19.8 Å². The minimum absolute atomic E-state index is 0.0574. The summed E-state index contributed by atoms with van der Waals surface area (Å²) in [5, 5.41) is 0. The zero-order valence-electron chi connectivity index (χ0n) is 46.5. The Morgan fingerprint density at radius 3 is 1.01 bits per heavy atom. The highest BCUT2D eigenvalue weighted by atomic mass is 31.2. The van der Waals surface area contributed by atoms with Crippen LogP contribution >= 0.6 is 7.82 Å². The van der Waals surface area contributed by atoms with E-state index in [4.69, 9.17) is 24.3 Å². The molecule has 0 heterocycles. The molecule has 2 atom stereocenters. The lowest BCUT2D eigenvalue weighted by atomic mass is 10.0. The first-order chi connectivity index (χ1) is 34.3. The average molecular weight is 1010 g/mol. The Morgan fingerprint density at radius 1 is 0.414 bits per heavy atom. The number of unbranched alkanes of at least 4 members (excludes halogenated alkanes) is 44. The van der Waals surface area contributed by atoms with Crippen LogP contribution in [0.5, 0.6) is 0 Å². The first-order valence-electron chi connectivity index (χ1n) is 30.7. The number of allylic oxidation sites excluding steroid dienone is 2. The Hall–Kier alpha value is -1.25. The van der Waals surface area contributed by atoms with E-state index in [-0.39, 0.29) is 38.6 Å². The number of nitrogens with two attached hydrogens (primary N) is 1. The Labute approximate surface area is 434 Å². The minimum atomic E-state index is -4.38. The normalized spacial score (nSPS) is 13.0. The van der Waals surface area contributed by atoms with Gasteiger partial charge in [0.1, 0.15) is 6.61 Å². The van der Waals surface area contributed by atoms with Crippen LogP contribution < -0.4 is 5.73 Å². The standard InChI is InChI=1S/C60H118NO8P/c1-3-5-7-9-11-13-15-17-19-21-23-25-27-28-29-30-31-33-35-37-39-41-43-45-47-49-51-53-60(63)69-58(57-68-70(64,65)67-55-54-61)56-66-59(62)52-50-48-46-44-42-40-38-36-34-32-26-24-22-20-18-16-14-12-10-8-6-4-2/h21,23,58H,3-20,22,24-57,61H2,1-2H3,(H,64,65)/b23-21-. The predicted octanol–water partition coefficient (Wildman–Crippen LogP) is 19.2. The van der Waals surface area contributed by atoms with Crippen molar-refractivity contribution in [3.63, 3.8) is 0 Å². The van der Waals surface area contributed by atoms with Gasteiger partial charge in [-0.05, 0) is 38.5 Å². The molecule has 10 heteroatoms. The summed E-state index contributed by atoms with van der Waals surface area (Å²) in [7, 11) is -4.38. The van der Waals surface area contributed by atoms with Gasteiger partial charge in [-0.3, -0.25) is 18.6 Å². The topological polar surface area (TPSA) is 134 Å². The summed E-state index contributed by atoms with van der Waals surface area (Å²) < 4.78 is 33.1. The summed E-state index contributed by atoms with van der Waals surface area (Å²) in [6.45, 7) is 3.82. The molecule has 0 saturated carbocycles. The highest BCUT2D eigenvalue weighted by Crippen LogP contribution is 2.43. The molecule has 0 aromatic rings. The van der Waals surface area contributed by atoms with E-state index in [9.17, 15) is 19.0 Å². The van der Waals surface area contributed by atoms with Crippen molar-refractivity contribution in [3.05, 3.63) is 12.2 Å². The van der Waals surface area contributed by atoms with Crippen molar-refractivity contribution < 1.29 is 37.6 Å². The van der Waals surface area contributed by atoms with Gasteiger partial charge in [-0.2, -0.15) is 0 Å². The molecule has 0 aliphatic rings. The lowest BCUT2D eigenvalue weighted by Gasteiger charge is -2.19. The van der Waals surface area contributed by atoms with Crippen molar-refractivity contribution in [2.75, 3.05) is 26.4 Å². The fraction of sp³-hybridized carbons (Fsp3) is 0.933. The smallest absolute Gasteiger partial charge is 0.462 e. The van der Waals surface area contributed by atoms with Gasteiger partial charge in [0.25, 0.3) is 0 Å². The first-order valence-corrected chi connectivity index (χ1v) is 32.2. The van der Waals surface area contributed by atoms with E-state index in [0.717, 1.165) is 32.1 Å². The van der Waals surface area contributed by atoms with Crippen molar-refractivity contribution in [2.45, 2.75) is 335 Å². The Kier molecular flexibility index (Phi) is 56.0. The van der Waals surface area contributed by atoms with E-state index >= 15 is 0 Å². The number of carbonyl (C=O) groups is 2. The van der Waals surface area contributed by atoms with E-state index in [1.54, 1.807) is 0 Å². The molecule has 2 unspecified atom stereocenters. The molecule has 0 radical (unpaired) electrons. The Bertz CT molecular complexity index is 1150. The quantitative estimate of drug-likeness (QED) is 0.0264. The van der Waals surface area contributed by atoms with Gasteiger partial charge in [0.2, 0.25) is 0 Å². The second kappa shape index (κ2) is 57.0. The van der Waals surface area contributed by atoms with Gasteiger partial charge in [0.15, 0.2) is 6.10 Å². The van der Waals surface area contributed by atoms with Crippen LogP contribution in [-0.4, -0.2) is 49.3 Å². The number of phosphoric ester groups is 1. The van der Waals surface area contributed by atoms with E-state index in [1.165, 1.54) is 263 Å². The molecule has 3 N–H and O–H groups in total. The van der Waals surface area contributed by atoms with E-state index in [0.29, 0.717) is 6.42 Å². The van der Waals surface area contributed by atoms with Gasteiger partial charge >= 0.3 is 19.8 Å². The number of hydrogen-bond acceptors (Lipinski definition) is 8. The monoisotopic (exact) mass is 1010 g/mol. The van der Waals surface area contributed by atoms with Gasteiger partial charge < -0.3 is 20.1 Å². The highest BCUT2D eigenvalue weighted by molar-refractivity contribution is 7.47. The number of ether oxygens (including phenoxy) is 2. The van der Waals surface area contributed by atoms with Crippen molar-refractivity contribution in [1.82, 2.24) is 0 Å².